The average Bonchev–Trinajstić information content (AvgIpc) is 3.17. The maximum atomic E-state index is 3.45. The summed E-state index contributed by atoms with van der Waals surface area (Å²) in [6.45, 7) is 2.59. The molecule has 4 rings (SSSR count). The van der Waals surface area contributed by atoms with E-state index < -0.39 is 0 Å². The molecule has 2 aliphatic rings. The summed E-state index contributed by atoms with van der Waals surface area (Å²) >= 11 is 0. The van der Waals surface area contributed by atoms with Gasteiger partial charge in [-0.05, 0) is 49.8 Å². The number of nitrogens with zero attached hydrogens (tertiary/aromatic N) is 1. The van der Waals surface area contributed by atoms with Crippen molar-refractivity contribution in [3.05, 3.63) is 36.0 Å². The molecular weight excluding hydrogens is 244 g/mol. The van der Waals surface area contributed by atoms with Crippen molar-refractivity contribution in [2.24, 2.45) is 0 Å². The molecule has 0 radical (unpaired) electrons. The molecule has 1 aromatic carbocycles. The smallest absolute Gasteiger partial charge is 0.0456 e. The molecule has 1 aromatic heterocycles. The quantitative estimate of drug-likeness (QED) is 0.861. The summed E-state index contributed by atoms with van der Waals surface area (Å²) in [6.07, 6.45) is 10.7. The van der Waals surface area contributed by atoms with Gasteiger partial charge in [0.05, 0.1) is 0 Å². The lowest BCUT2D eigenvalue weighted by molar-refractivity contribution is 0.150. The molecule has 0 bridgehead atoms. The fourth-order valence-corrected chi connectivity index (χ4v) is 4.29. The Hall–Kier alpha value is -1.28. The highest BCUT2D eigenvalue weighted by molar-refractivity contribution is 5.83. The van der Waals surface area contributed by atoms with E-state index in [-0.39, 0.29) is 0 Å². The molecule has 2 fully saturated rings. The number of aromatic nitrogens is 1. The van der Waals surface area contributed by atoms with Crippen LogP contribution >= 0.6 is 0 Å². The Morgan fingerprint density at radius 3 is 2.75 bits per heavy atom. The molecule has 2 aromatic rings. The van der Waals surface area contributed by atoms with Gasteiger partial charge in [0.1, 0.15) is 0 Å². The molecule has 2 heterocycles. The van der Waals surface area contributed by atoms with E-state index >= 15 is 0 Å². The number of benzene rings is 1. The third-order valence-electron chi connectivity index (χ3n) is 5.35. The predicted molar refractivity (Wildman–Crippen MR) is 84.1 cm³/mol. The highest BCUT2D eigenvalue weighted by Crippen LogP contribution is 2.35. The number of H-pyrrole nitrogens is 1. The summed E-state index contributed by atoms with van der Waals surface area (Å²) in [6, 6.07) is 9.63. The largest absolute Gasteiger partial charge is 0.361 e. The maximum Gasteiger partial charge on any atom is 0.0456 e. The number of hydrogen-bond donors (Lipinski definition) is 1. The molecule has 2 heteroatoms. The zero-order valence-electron chi connectivity index (χ0n) is 12.1. The fourth-order valence-electron chi connectivity index (χ4n) is 4.29. The Morgan fingerprint density at radius 2 is 1.85 bits per heavy atom. The second kappa shape index (κ2) is 5.25. The van der Waals surface area contributed by atoms with Crippen molar-refractivity contribution in [1.29, 1.82) is 0 Å². The summed E-state index contributed by atoms with van der Waals surface area (Å²) in [5, 5.41) is 1.44. The van der Waals surface area contributed by atoms with Gasteiger partial charge in [-0.1, -0.05) is 31.0 Å². The molecule has 20 heavy (non-hydrogen) atoms. The summed E-state index contributed by atoms with van der Waals surface area (Å²) < 4.78 is 0. The Bertz CT molecular complexity index is 580. The Kier molecular flexibility index (Phi) is 3.27. The van der Waals surface area contributed by atoms with Crippen molar-refractivity contribution in [2.75, 3.05) is 13.1 Å². The van der Waals surface area contributed by atoms with Gasteiger partial charge < -0.3 is 4.98 Å². The lowest BCUT2D eigenvalue weighted by Crippen LogP contribution is -2.40. The van der Waals surface area contributed by atoms with Gasteiger partial charge in [0, 0.05) is 29.7 Å². The van der Waals surface area contributed by atoms with Crippen molar-refractivity contribution in [2.45, 2.75) is 50.5 Å². The van der Waals surface area contributed by atoms with Crippen LogP contribution in [0.3, 0.4) is 0 Å². The normalized spacial score (nSPS) is 25.5. The predicted octanol–water partition coefficient (Wildman–Crippen LogP) is 4.29. The van der Waals surface area contributed by atoms with Gasteiger partial charge in [-0.15, -0.1) is 0 Å². The molecule has 1 aliphatic heterocycles. The van der Waals surface area contributed by atoms with E-state index in [1.54, 1.807) is 5.56 Å². The first-order chi connectivity index (χ1) is 9.92. The SMILES string of the molecule is c1ccc2c(C3CCCN(C4CCCC4)C3)c[nH]c2c1. The third kappa shape index (κ3) is 2.16. The van der Waals surface area contributed by atoms with Crippen LogP contribution in [0.2, 0.25) is 0 Å². The molecule has 1 unspecified atom stereocenters. The van der Waals surface area contributed by atoms with Gasteiger partial charge in [-0.3, -0.25) is 4.90 Å². The monoisotopic (exact) mass is 268 g/mol. The molecule has 0 amide bonds. The molecule has 1 saturated carbocycles. The Labute approximate surface area is 121 Å². The number of aromatic amines is 1. The van der Waals surface area contributed by atoms with Crippen molar-refractivity contribution in [1.82, 2.24) is 9.88 Å². The first-order valence-electron chi connectivity index (χ1n) is 8.22. The van der Waals surface area contributed by atoms with Gasteiger partial charge in [0.25, 0.3) is 0 Å². The van der Waals surface area contributed by atoms with Crippen LogP contribution in [-0.2, 0) is 0 Å². The summed E-state index contributed by atoms with van der Waals surface area (Å²) in [7, 11) is 0. The van der Waals surface area contributed by atoms with Crippen LogP contribution in [-0.4, -0.2) is 29.0 Å². The van der Waals surface area contributed by atoms with Crippen LogP contribution in [0, 0.1) is 0 Å². The summed E-state index contributed by atoms with van der Waals surface area (Å²) in [4.78, 5) is 6.23. The van der Waals surface area contributed by atoms with Crippen LogP contribution < -0.4 is 0 Å². The minimum atomic E-state index is 0.723. The van der Waals surface area contributed by atoms with Gasteiger partial charge in [-0.25, -0.2) is 0 Å². The van der Waals surface area contributed by atoms with Crippen LogP contribution in [0.5, 0.6) is 0 Å². The highest BCUT2D eigenvalue weighted by Gasteiger charge is 2.29. The van der Waals surface area contributed by atoms with Gasteiger partial charge in [-0.2, -0.15) is 0 Å². The number of likely N-dealkylation sites (tertiary alicyclic amines) is 1. The van der Waals surface area contributed by atoms with E-state index in [1.807, 2.05) is 0 Å². The zero-order chi connectivity index (χ0) is 13.4. The molecule has 1 saturated heterocycles. The van der Waals surface area contributed by atoms with Crippen LogP contribution in [0.1, 0.15) is 50.0 Å². The zero-order valence-corrected chi connectivity index (χ0v) is 12.1. The fraction of sp³-hybridized carbons (Fsp3) is 0.556. The lowest BCUT2D eigenvalue weighted by atomic mass is 9.89. The molecule has 2 nitrogen and oxygen atoms in total. The number of nitrogens with one attached hydrogen (secondary N) is 1. The minimum absolute atomic E-state index is 0.723. The second-order valence-electron chi connectivity index (χ2n) is 6.56. The van der Waals surface area contributed by atoms with Crippen molar-refractivity contribution < 1.29 is 0 Å². The number of fused-ring (bicyclic) bond motifs is 1. The van der Waals surface area contributed by atoms with Crippen molar-refractivity contribution in [3.8, 4) is 0 Å². The van der Waals surface area contributed by atoms with Gasteiger partial charge in [0.15, 0.2) is 0 Å². The molecule has 0 spiro atoms. The van der Waals surface area contributed by atoms with E-state index in [0.29, 0.717) is 0 Å². The third-order valence-corrected chi connectivity index (χ3v) is 5.35. The van der Waals surface area contributed by atoms with E-state index in [4.69, 9.17) is 0 Å². The van der Waals surface area contributed by atoms with Crippen LogP contribution in [0.25, 0.3) is 10.9 Å². The van der Waals surface area contributed by atoms with E-state index in [9.17, 15) is 0 Å². The number of rotatable bonds is 2. The number of para-hydroxylation sites is 1. The van der Waals surface area contributed by atoms with Gasteiger partial charge >= 0.3 is 0 Å². The summed E-state index contributed by atoms with van der Waals surface area (Å²) in [5.41, 5.74) is 2.84. The first kappa shape index (κ1) is 12.5. The molecule has 1 N–H and O–H groups in total. The van der Waals surface area contributed by atoms with Crippen molar-refractivity contribution >= 4 is 10.9 Å². The van der Waals surface area contributed by atoms with E-state index in [0.717, 1.165) is 12.0 Å². The molecule has 1 aliphatic carbocycles. The maximum absolute atomic E-state index is 3.45. The second-order valence-corrected chi connectivity index (χ2v) is 6.56. The number of piperidine rings is 1. The van der Waals surface area contributed by atoms with E-state index in [2.05, 4.69) is 40.3 Å². The minimum Gasteiger partial charge on any atom is -0.361 e. The van der Waals surface area contributed by atoms with Crippen LogP contribution in [0.15, 0.2) is 30.5 Å². The lowest BCUT2D eigenvalue weighted by Gasteiger charge is -2.36. The molecule has 106 valence electrons. The average molecular weight is 268 g/mol. The molecule has 1 atom stereocenters. The first-order valence-corrected chi connectivity index (χ1v) is 8.22. The summed E-state index contributed by atoms with van der Waals surface area (Å²) in [5.74, 6) is 0.723. The highest BCUT2D eigenvalue weighted by atomic mass is 15.2. The standard InChI is InChI=1S/C18H24N2/c1-2-8-15(7-1)20-11-5-6-14(13-20)17-12-19-18-10-4-3-9-16(17)18/h3-4,9-10,12,14-15,19H,1-2,5-8,11,13H2. The molecular formula is C18H24N2. The van der Waals surface area contributed by atoms with Gasteiger partial charge in [0.2, 0.25) is 0 Å². The Morgan fingerprint density at radius 1 is 1.00 bits per heavy atom. The Balaban J connectivity index is 1.58. The topological polar surface area (TPSA) is 19.0 Å². The van der Waals surface area contributed by atoms with Crippen LogP contribution in [0.4, 0.5) is 0 Å². The van der Waals surface area contributed by atoms with Crippen molar-refractivity contribution in [3.63, 3.8) is 0 Å². The van der Waals surface area contributed by atoms with E-state index in [1.165, 1.54) is 62.5 Å². The number of hydrogen-bond acceptors (Lipinski definition) is 1.